The quantitative estimate of drug-likeness (QED) is 0.684. The van der Waals surface area contributed by atoms with Crippen molar-refractivity contribution in [3.8, 4) is 10.8 Å². The van der Waals surface area contributed by atoms with E-state index in [4.69, 9.17) is 13.3 Å². The zero-order valence-corrected chi connectivity index (χ0v) is 11.4. The molecule has 0 atom stereocenters. The van der Waals surface area contributed by atoms with E-state index in [9.17, 15) is 4.79 Å². The molecule has 3 aromatic heterocycles. The van der Waals surface area contributed by atoms with Gasteiger partial charge in [-0.1, -0.05) is 17.8 Å². The van der Waals surface area contributed by atoms with E-state index in [1.807, 2.05) is 17.5 Å². The van der Waals surface area contributed by atoms with Gasteiger partial charge in [0.05, 0.1) is 10.6 Å². The number of aryl methyl sites for hydroxylation is 1. The Morgan fingerprint density at radius 2 is 2.21 bits per heavy atom. The smallest absolute Gasteiger partial charge is 0.410 e. The van der Waals surface area contributed by atoms with Gasteiger partial charge >= 0.3 is 5.82 Å². The van der Waals surface area contributed by atoms with Crippen LogP contribution in [-0.4, -0.2) is 10.2 Å². The lowest BCUT2D eigenvalue weighted by Crippen LogP contribution is -1.86. The standard InChI is InChI=1S/C11H8N2O4S2/c1-6-7(16-11(14)15-6)5-19-10-13-12-9(17-10)8-3-2-4-18-8/h2-4H,5H2,1H3. The van der Waals surface area contributed by atoms with Gasteiger partial charge in [0.15, 0.2) is 5.76 Å². The largest absolute Gasteiger partial charge is 0.519 e. The molecule has 0 saturated heterocycles. The molecule has 3 aromatic rings. The zero-order valence-electron chi connectivity index (χ0n) is 9.78. The Hall–Kier alpha value is -1.80. The van der Waals surface area contributed by atoms with Crippen LogP contribution in [0.1, 0.15) is 11.5 Å². The fourth-order valence-corrected chi connectivity index (χ4v) is 2.80. The third-order valence-corrected chi connectivity index (χ3v) is 3.98. The zero-order chi connectivity index (χ0) is 13.2. The molecule has 0 amide bonds. The van der Waals surface area contributed by atoms with E-state index in [0.29, 0.717) is 28.4 Å². The van der Waals surface area contributed by atoms with Crippen LogP contribution in [0.15, 0.2) is 40.8 Å². The molecule has 3 heterocycles. The Kier molecular flexibility index (Phi) is 3.26. The lowest BCUT2D eigenvalue weighted by atomic mass is 10.4. The molecule has 0 spiro atoms. The first-order chi connectivity index (χ1) is 9.22. The van der Waals surface area contributed by atoms with Crippen molar-refractivity contribution in [3.63, 3.8) is 0 Å². The van der Waals surface area contributed by atoms with E-state index in [1.165, 1.54) is 23.1 Å². The number of hydrogen-bond acceptors (Lipinski definition) is 8. The summed E-state index contributed by atoms with van der Waals surface area (Å²) in [4.78, 5) is 11.8. The number of hydrogen-bond donors (Lipinski definition) is 0. The van der Waals surface area contributed by atoms with E-state index in [2.05, 4.69) is 10.2 Å². The van der Waals surface area contributed by atoms with Gasteiger partial charge in [0.25, 0.3) is 11.1 Å². The van der Waals surface area contributed by atoms with Gasteiger partial charge in [0, 0.05) is 0 Å². The third-order valence-electron chi connectivity index (χ3n) is 2.30. The van der Waals surface area contributed by atoms with Crippen LogP contribution in [0.3, 0.4) is 0 Å². The molecule has 0 saturated carbocycles. The highest BCUT2D eigenvalue weighted by molar-refractivity contribution is 7.98. The van der Waals surface area contributed by atoms with E-state index >= 15 is 0 Å². The van der Waals surface area contributed by atoms with Crippen molar-refractivity contribution in [2.24, 2.45) is 0 Å². The average Bonchev–Trinajstić information content (AvgIpc) is 3.07. The van der Waals surface area contributed by atoms with Crippen LogP contribution in [-0.2, 0) is 5.75 Å². The van der Waals surface area contributed by atoms with E-state index in [-0.39, 0.29) is 0 Å². The van der Waals surface area contributed by atoms with E-state index < -0.39 is 5.82 Å². The lowest BCUT2D eigenvalue weighted by molar-refractivity contribution is 0.372. The Bertz CT molecular complexity index is 726. The predicted molar refractivity (Wildman–Crippen MR) is 69.2 cm³/mol. The Morgan fingerprint density at radius 1 is 1.32 bits per heavy atom. The summed E-state index contributed by atoms with van der Waals surface area (Å²) in [5.41, 5.74) is 0. The lowest BCUT2D eigenvalue weighted by Gasteiger charge is -1.92. The predicted octanol–water partition coefficient (Wildman–Crippen LogP) is 2.95. The van der Waals surface area contributed by atoms with Crippen LogP contribution in [0.4, 0.5) is 0 Å². The minimum atomic E-state index is -0.696. The molecular formula is C11H8N2O4S2. The van der Waals surface area contributed by atoms with E-state index in [0.717, 1.165) is 4.88 Å². The second kappa shape index (κ2) is 5.06. The maximum atomic E-state index is 10.9. The van der Waals surface area contributed by atoms with Gasteiger partial charge < -0.3 is 13.3 Å². The van der Waals surface area contributed by atoms with Crippen molar-refractivity contribution in [2.45, 2.75) is 17.9 Å². The molecule has 6 nitrogen and oxygen atoms in total. The molecule has 0 bridgehead atoms. The molecule has 0 aromatic carbocycles. The van der Waals surface area contributed by atoms with Crippen molar-refractivity contribution in [2.75, 3.05) is 0 Å². The number of rotatable bonds is 4. The van der Waals surface area contributed by atoms with Gasteiger partial charge in [0.2, 0.25) is 0 Å². The van der Waals surface area contributed by atoms with Gasteiger partial charge in [-0.2, -0.15) is 0 Å². The molecule has 0 aliphatic heterocycles. The van der Waals surface area contributed by atoms with Crippen LogP contribution >= 0.6 is 23.1 Å². The first-order valence-corrected chi connectivity index (χ1v) is 7.18. The van der Waals surface area contributed by atoms with Crippen LogP contribution in [0, 0.1) is 6.92 Å². The summed E-state index contributed by atoms with van der Waals surface area (Å²) in [6.45, 7) is 1.67. The second-order valence-electron chi connectivity index (χ2n) is 3.57. The summed E-state index contributed by atoms with van der Waals surface area (Å²) in [5.74, 6) is 1.14. The normalized spacial score (nSPS) is 11.0. The molecule has 8 heteroatoms. The summed E-state index contributed by atoms with van der Waals surface area (Å²) in [6.07, 6.45) is 0. The van der Waals surface area contributed by atoms with Gasteiger partial charge in [-0.15, -0.1) is 21.5 Å². The molecule has 0 radical (unpaired) electrons. The number of nitrogens with zero attached hydrogens (tertiary/aromatic N) is 2. The molecule has 19 heavy (non-hydrogen) atoms. The van der Waals surface area contributed by atoms with Crippen LogP contribution < -0.4 is 5.82 Å². The van der Waals surface area contributed by atoms with Crippen LogP contribution in [0.5, 0.6) is 0 Å². The fraction of sp³-hybridized carbons (Fsp3) is 0.182. The highest BCUT2D eigenvalue weighted by Crippen LogP contribution is 2.28. The Morgan fingerprint density at radius 3 is 2.89 bits per heavy atom. The molecule has 0 N–H and O–H groups in total. The number of thiophene rings is 1. The molecule has 0 fully saturated rings. The number of thioether (sulfide) groups is 1. The van der Waals surface area contributed by atoms with Crippen molar-refractivity contribution < 1.29 is 13.3 Å². The molecule has 3 rings (SSSR count). The average molecular weight is 296 g/mol. The van der Waals surface area contributed by atoms with Crippen molar-refractivity contribution >= 4 is 23.1 Å². The molecule has 0 aliphatic carbocycles. The van der Waals surface area contributed by atoms with Crippen LogP contribution in [0.25, 0.3) is 10.8 Å². The Labute approximate surface area is 115 Å². The highest BCUT2D eigenvalue weighted by atomic mass is 32.2. The minimum absolute atomic E-state index is 0.406. The molecular weight excluding hydrogens is 288 g/mol. The van der Waals surface area contributed by atoms with E-state index in [1.54, 1.807) is 6.92 Å². The summed E-state index contributed by atoms with van der Waals surface area (Å²) >= 11 is 2.82. The highest BCUT2D eigenvalue weighted by Gasteiger charge is 2.13. The summed E-state index contributed by atoms with van der Waals surface area (Å²) in [6, 6.07) is 3.83. The summed E-state index contributed by atoms with van der Waals surface area (Å²) < 4.78 is 15.1. The SMILES string of the molecule is Cc1oc(=O)oc1CSc1nnc(-c2cccs2)o1. The van der Waals surface area contributed by atoms with Gasteiger partial charge in [-0.25, -0.2) is 4.79 Å². The summed E-state index contributed by atoms with van der Waals surface area (Å²) in [5, 5.41) is 10.2. The summed E-state index contributed by atoms with van der Waals surface area (Å²) in [7, 11) is 0. The molecule has 0 unspecified atom stereocenters. The van der Waals surface area contributed by atoms with Gasteiger partial charge in [-0.3, -0.25) is 0 Å². The second-order valence-corrected chi connectivity index (χ2v) is 5.45. The van der Waals surface area contributed by atoms with Gasteiger partial charge in [-0.05, 0) is 18.4 Å². The first kappa shape index (κ1) is 12.2. The topological polar surface area (TPSA) is 82.3 Å². The fourth-order valence-electron chi connectivity index (χ4n) is 1.40. The van der Waals surface area contributed by atoms with Crippen molar-refractivity contribution in [1.82, 2.24) is 10.2 Å². The number of aromatic nitrogens is 2. The maximum Gasteiger partial charge on any atom is 0.519 e. The molecule has 0 aliphatic rings. The van der Waals surface area contributed by atoms with Crippen molar-refractivity contribution in [1.29, 1.82) is 0 Å². The Balaban J connectivity index is 1.71. The minimum Gasteiger partial charge on any atom is -0.410 e. The third kappa shape index (κ3) is 2.64. The van der Waals surface area contributed by atoms with Crippen LogP contribution in [0.2, 0.25) is 0 Å². The van der Waals surface area contributed by atoms with Gasteiger partial charge in [0.1, 0.15) is 5.76 Å². The first-order valence-electron chi connectivity index (χ1n) is 5.32. The monoisotopic (exact) mass is 296 g/mol. The van der Waals surface area contributed by atoms with Crippen molar-refractivity contribution in [3.05, 3.63) is 39.7 Å². The molecule has 98 valence electrons. The maximum absolute atomic E-state index is 10.9.